The Morgan fingerprint density at radius 2 is 0.476 bits per heavy atom. The van der Waals surface area contributed by atoms with Crippen LogP contribution in [0.3, 0.4) is 0 Å². The molecule has 0 aromatic carbocycles. The number of hydrogen-bond donors (Lipinski definition) is 0. The molecule has 0 unspecified atom stereocenters. The van der Waals surface area contributed by atoms with Crippen molar-refractivity contribution in [3.05, 3.63) is 0 Å². The van der Waals surface area contributed by atoms with Gasteiger partial charge in [-0.2, -0.15) is 0 Å². The van der Waals surface area contributed by atoms with E-state index >= 15 is 0 Å². The first-order chi connectivity index (χ1) is 3.13. The number of hydrogen-bond acceptors (Lipinski definition) is 5. The first-order valence-electron chi connectivity index (χ1n) is 1.41. The first kappa shape index (κ1) is 150. The molecule has 0 aliphatic carbocycles. The quantitative estimate of drug-likeness (QED) is 0.423. The molecule has 0 fully saturated rings. The monoisotopic (exact) mass is 374 g/mol. The minimum absolute atomic E-state index is 0. The second-order valence-corrected chi connectivity index (χ2v) is 0.713. The molecule has 0 aliphatic heterocycles. The van der Waals surface area contributed by atoms with E-state index in [4.69, 9.17) is 20.1 Å². The van der Waals surface area contributed by atoms with Crippen LogP contribution in [0.15, 0.2) is 0 Å². The van der Waals surface area contributed by atoms with Crippen molar-refractivity contribution in [3.8, 4) is 0 Å². The van der Waals surface area contributed by atoms with E-state index in [2.05, 4.69) is 4.57 Å². The van der Waals surface area contributed by atoms with Crippen LogP contribution in [0, 0.1) is 0 Å². The third-order valence-electron chi connectivity index (χ3n) is 0.222. The molecule has 0 aromatic heterocycles. The molecule has 21 heavy (non-hydrogen) atoms. The van der Waals surface area contributed by atoms with Crippen LogP contribution in [0.5, 0.6) is 0 Å². The zero-order chi connectivity index (χ0) is 5.86. The molecule has 21 heteroatoms. The minimum Gasteiger partial charge on any atom is -0.872 e. The average molecular weight is 374 g/mol. The molecule has 0 spiro atoms. The third-order valence-corrected chi connectivity index (χ3v) is 0.222. The molecule has 0 saturated heterocycles. The Bertz CT molecular complexity index is 52.9. The van der Waals surface area contributed by atoms with Crippen molar-refractivity contribution >= 4 is 14.6 Å². The molecule has 0 atom stereocenters. The summed E-state index contributed by atoms with van der Waals surface area (Å²) >= 11 is 0. The maximum absolute atomic E-state index is 9.16. The van der Waals surface area contributed by atoms with Crippen molar-refractivity contribution in [1.82, 2.24) is 0 Å². The van der Waals surface area contributed by atoms with Gasteiger partial charge >= 0.3 is 118 Å². The van der Waals surface area contributed by atoms with E-state index in [0.29, 0.717) is 0 Å². The molecule has 0 rings (SSSR count). The average Bonchev–Trinajstić information content (AvgIpc) is 1.27. The second-order valence-electron chi connectivity index (χ2n) is 0.713. The summed E-state index contributed by atoms with van der Waals surface area (Å²) in [5, 5.41) is 36.6. The molecule has 0 heterocycles. The zero-order valence-electron chi connectivity index (χ0n) is 12.2. The summed E-state index contributed by atoms with van der Waals surface area (Å²) in [5.41, 5.74) is 0. The molecule has 0 aromatic rings. The van der Waals surface area contributed by atoms with Crippen LogP contribution in [0.2, 0.25) is 0 Å². The molecule has 15 nitrogen and oxygen atoms in total. The van der Waals surface area contributed by atoms with Crippen LogP contribution in [0.1, 0.15) is 0 Å². The maximum Gasteiger partial charge on any atom is 1.00 e. The second kappa shape index (κ2) is 108. The molecule has 120 valence electrons. The van der Waals surface area contributed by atoms with Crippen LogP contribution >= 0.6 is 0 Å². The van der Waals surface area contributed by atoms with Crippen LogP contribution in [-0.4, -0.2) is 69.4 Å². The third kappa shape index (κ3) is 192. The van der Waals surface area contributed by atoms with Gasteiger partial charge in [0, 0.05) is 14.6 Å². The SMILES string of the molecule is O.O.O.O.O.O.O.O.O.O.[Na+].[Na+].[Na+].[Na+].[O-]B([O-])OB([O-])[O-]. The minimum atomic E-state index is -2.75. The molecular formula is H20B2Na4O15. The van der Waals surface area contributed by atoms with Gasteiger partial charge in [0.15, 0.2) is 0 Å². The Hall–Kier alpha value is 3.53. The Labute approximate surface area is 209 Å². The molecule has 20 N–H and O–H groups in total. The predicted molar refractivity (Wildman–Crippen MR) is 48.7 cm³/mol. The van der Waals surface area contributed by atoms with Crippen LogP contribution < -0.4 is 138 Å². The van der Waals surface area contributed by atoms with Crippen molar-refractivity contribution < 1.29 is 198 Å². The molecule has 0 radical (unpaired) electrons. The van der Waals surface area contributed by atoms with Gasteiger partial charge in [0.2, 0.25) is 0 Å². The smallest absolute Gasteiger partial charge is 0.872 e. The Morgan fingerprint density at radius 3 is 0.476 bits per heavy atom. The molecular weight excluding hydrogens is 354 g/mol. The van der Waals surface area contributed by atoms with E-state index in [-0.39, 0.29) is 173 Å². The van der Waals surface area contributed by atoms with Gasteiger partial charge < -0.3 is 79.4 Å². The van der Waals surface area contributed by atoms with E-state index in [1.807, 2.05) is 0 Å². The fraction of sp³-hybridized carbons (Fsp3) is 0. The summed E-state index contributed by atoms with van der Waals surface area (Å²) in [6, 6.07) is 0. The molecule has 0 aliphatic rings. The predicted octanol–water partition coefficient (Wildman–Crippen LogP) is -25.8. The van der Waals surface area contributed by atoms with Gasteiger partial charge in [-0.3, -0.25) is 0 Å². The van der Waals surface area contributed by atoms with E-state index in [0.717, 1.165) is 0 Å². The van der Waals surface area contributed by atoms with Gasteiger partial charge in [-0.25, -0.2) is 0 Å². The normalized spacial score (nSPS) is 2.86. The van der Waals surface area contributed by atoms with Crippen LogP contribution in [-0.2, 0) is 4.57 Å². The van der Waals surface area contributed by atoms with Gasteiger partial charge in [-0.15, -0.1) is 0 Å². The summed E-state index contributed by atoms with van der Waals surface area (Å²) in [6.07, 6.45) is 0. The summed E-state index contributed by atoms with van der Waals surface area (Å²) in [5.74, 6) is 0. The summed E-state index contributed by atoms with van der Waals surface area (Å²) < 4.78 is 3.03. The Balaban J connectivity index is -0.00000000198. The molecule has 0 saturated carbocycles. The number of rotatable bonds is 2. The topological polar surface area (TPSA) is 416 Å². The fourth-order valence-corrected chi connectivity index (χ4v) is 0.0907. The van der Waals surface area contributed by atoms with E-state index in [1.54, 1.807) is 0 Å². The standard InChI is InChI=1S/B2O5.4Na.10H2O/c3-1(4)7-2(5)6;;;;;;;;;;;;;;/h;;;;;10*1H2/q-4;4*+1;;;;;;;;;;. The van der Waals surface area contributed by atoms with Crippen molar-refractivity contribution in [2.24, 2.45) is 0 Å². The van der Waals surface area contributed by atoms with Crippen LogP contribution in [0.4, 0.5) is 0 Å². The summed E-state index contributed by atoms with van der Waals surface area (Å²) in [7, 11) is -5.50. The van der Waals surface area contributed by atoms with Crippen molar-refractivity contribution in [1.29, 1.82) is 0 Å². The summed E-state index contributed by atoms with van der Waals surface area (Å²) in [4.78, 5) is 0. The van der Waals surface area contributed by atoms with Gasteiger partial charge in [-0.05, 0) is 0 Å². The molecule has 0 bridgehead atoms. The Kier molecular flexibility index (Phi) is 767. The van der Waals surface area contributed by atoms with Crippen molar-refractivity contribution in [2.75, 3.05) is 0 Å². The van der Waals surface area contributed by atoms with E-state index in [9.17, 15) is 0 Å². The first-order valence-corrected chi connectivity index (χ1v) is 1.41. The maximum atomic E-state index is 9.16. The molecule has 0 amide bonds. The van der Waals surface area contributed by atoms with Gasteiger partial charge in [0.25, 0.3) is 0 Å². The van der Waals surface area contributed by atoms with Crippen molar-refractivity contribution in [3.63, 3.8) is 0 Å². The van der Waals surface area contributed by atoms with E-state index in [1.165, 1.54) is 0 Å². The van der Waals surface area contributed by atoms with Gasteiger partial charge in [0.1, 0.15) is 0 Å². The Morgan fingerprint density at radius 1 is 0.381 bits per heavy atom. The van der Waals surface area contributed by atoms with Gasteiger partial charge in [0.05, 0.1) is 0 Å². The zero-order valence-corrected chi connectivity index (χ0v) is 20.2. The largest absolute Gasteiger partial charge is 1.00 e. The van der Waals surface area contributed by atoms with Crippen molar-refractivity contribution in [2.45, 2.75) is 0 Å². The van der Waals surface area contributed by atoms with E-state index < -0.39 is 14.6 Å². The summed E-state index contributed by atoms with van der Waals surface area (Å²) in [6.45, 7) is 0. The van der Waals surface area contributed by atoms with Gasteiger partial charge in [-0.1, -0.05) is 0 Å². The fourth-order valence-electron chi connectivity index (χ4n) is 0.0907. The van der Waals surface area contributed by atoms with Crippen LogP contribution in [0.25, 0.3) is 0 Å².